The first-order valence-corrected chi connectivity index (χ1v) is 13.3. The highest BCUT2D eigenvalue weighted by atomic mass is 32.2. The zero-order valence-electron chi connectivity index (χ0n) is 19.9. The predicted octanol–water partition coefficient (Wildman–Crippen LogP) is 6.96. The van der Waals surface area contributed by atoms with Gasteiger partial charge in [0.15, 0.2) is 0 Å². The molecule has 6 heteroatoms. The molecule has 2 N–H and O–H groups in total. The van der Waals surface area contributed by atoms with Gasteiger partial charge in [0.2, 0.25) is 10.0 Å². The van der Waals surface area contributed by atoms with E-state index in [-0.39, 0.29) is 17.5 Å². The number of rotatable bonds is 6. The highest BCUT2D eigenvalue weighted by Crippen LogP contribution is 2.50. The molecule has 4 aromatic rings. The van der Waals surface area contributed by atoms with Crippen molar-refractivity contribution in [2.24, 2.45) is 0 Å². The van der Waals surface area contributed by atoms with Crippen LogP contribution in [0, 0.1) is 0 Å². The average molecular weight is 498 g/mol. The van der Waals surface area contributed by atoms with E-state index in [1.165, 1.54) is 22.5 Å². The van der Waals surface area contributed by atoms with Crippen LogP contribution in [0.4, 0.5) is 5.69 Å². The fourth-order valence-electron chi connectivity index (χ4n) is 5.05. The molecule has 0 radical (unpaired) electrons. The quantitative estimate of drug-likeness (QED) is 0.282. The fraction of sp³-hybridized carbons (Fsp3) is 0.133. The molecule has 0 saturated heterocycles. The Morgan fingerprint density at radius 3 is 2.28 bits per heavy atom. The number of phenols is 2. The Labute approximate surface area is 211 Å². The molecule has 2 atom stereocenters. The lowest BCUT2D eigenvalue weighted by molar-refractivity contribution is 0.474. The summed E-state index contributed by atoms with van der Waals surface area (Å²) in [4.78, 5) is 0. The number of fused-ring (bicyclic) bond motifs is 3. The van der Waals surface area contributed by atoms with Gasteiger partial charge in [-0.2, -0.15) is 0 Å². The Hall–Kier alpha value is -4.03. The lowest BCUT2D eigenvalue weighted by Crippen LogP contribution is -2.39. The first-order chi connectivity index (χ1) is 17.3. The van der Waals surface area contributed by atoms with Gasteiger partial charge in [0.1, 0.15) is 16.7 Å². The van der Waals surface area contributed by atoms with Gasteiger partial charge in [-0.1, -0.05) is 67.6 Å². The SMILES string of the molecule is C=CC(c1ccc(O)cc1)S(=O)(=O)N1c2ccc(-c3cccc(O)c3)cc2-c2ccccc2C1CC. The maximum absolute atomic E-state index is 14.3. The van der Waals surface area contributed by atoms with Crippen molar-refractivity contribution in [3.8, 4) is 33.8 Å². The van der Waals surface area contributed by atoms with Crippen molar-refractivity contribution >= 4 is 15.7 Å². The number of benzene rings is 4. The smallest absolute Gasteiger partial charge is 0.246 e. The standard InChI is InChI=1S/C30H27NO4S/c1-3-28-26-11-6-5-10-25(26)27-19-22(21-8-7-9-24(33)18-21)14-17-29(27)31(28)36(34,35)30(4-2)20-12-15-23(32)16-13-20/h4-19,28,30,32-33H,2-3H2,1H3. The van der Waals surface area contributed by atoms with Gasteiger partial charge in [-0.25, -0.2) is 8.42 Å². The van der Waals surface area contributed by atoms with Crippen molar-refractivity contribution in [3.63, 3.8) is 0 Å². The molecule has 0 aromatic heterocycles. The third-order valence-corrected chi connectivity index (χ3v) is 8.83. The van der Waals surface area contributed by atoms with E-state index in [0.717, 1.165) is 27.8 Å². The second kappa shape index (κ2) is 9.21. The molecule has 0 saturated carbocycles. The number of nitrogens with zero attached hydrogens (tertiary/aromatic N) is 1. The minimum atomic E-state index is -3.95. The molecule has 5 nitrogen and oxygen atoms in total. The fourth-order valence-corrected chi connectivity index (χ4v) is 7.09. The van der Waals surface area contributed by atoms with E-state index < -0.39 is 15.3 Å². The molecule has 36 heavy (non-hydrogen) atoms. The summed E-state index contributed by atoms with van der Waals surface area (Å²) in [5.41, 5.74) is 5.61. The molecular weight excluding hydrogens is 470 g/mol. The van der Waals surface area contributed by atoms with Gasteiger partial charge in [-0.15, -0.1) is 6.58 Å². The normalized spacial score (nSPS) is 15.6. The predicted molar refractivity (Wildman–Crippen MR) is 144 cm³/mol. The summed E-state index contributed by atoms with van der Waals surface area (Å²) in [6.45, 7) is 5.83. The highest BCUT2D eigenvalue weighted by Gasteiger charge is 2.41. The Balaban J connectivity index is 1.72. The third kappa shape index (κ3) is 3.93. The van der Waals surface area contributed by atoms with E-state index in [1.54, 1.807) is 30.3 Å². The van der Waals surface area contributed by atoms with Gasteiger partial charge in [0, 0.05) is 5.56 Å². The summed E-state index contributed by atoms with van der Waals surface area (Å²) < 4.78 is 30.1. The summed E-state index contributed by atoms with van der Waals surface area (Å²) in [7, 11) is -3.95. The molecule has 182 valence electrons. The van der Waals surface area contributed by atoms with Crippen LogP contribution in [0.15, 0.2) is 104 Å². The van der Waals surface area contributed by atoms with Crippen LogP contribution in [-0.2, 0) is 10.0 Å². The molecule has 1 aliphatic heterocycles. The molecule has 2 unspecified atom stereocenters. The Morgan fingerprint density at radius 2 is 1.58 bits per heavy atom. The molecule has 1 heterocycles. The van der Waals surface area contributed by atoms with Crippen LogP contribution in [0.2, 0.25) is 0 Å². The summed E-state index contributed by atoms with van der Waals surface area (Å²) >= 11 is 0. The van der Waals surface area contributed by atoms with E-state index in [9.17, 15) is 18.6 Å². The van der Waals surface area contributed by atoms with Crippen LogP contribution >= 0.6 is 0 Å². The van der Waals surface area contributed by atoms with Gasteiger partial charge in [-0.3, -0.25) is 4.31 Å². The Morgan fingerprint density at radius 1 is 0.861 bits per heavy atom. The number of aromatic hydroxyl groups is 2. The van der Waals surface area contributed by atoms with Gasteiger partial charge in [0.05, 0.1) is 11.7 Å². The number of hydrogen-bond acceptors (Lipinski definition) is 4. The van der Waals surface area contributed by atoms with Crippen LogP contribution < -0.4 is 4.31 Å². The molecule has 4 aromatic carbocycles. The second-order valence-corrected chi connectivity index (χ2v) is 10.8. The van der Waals surface area contributed by atoms with Gasteiger partial charge in [0.25, 0.3) is 0 Å². The number of sulfonamides is 1. The summed E-state index contributed by atoms with van der Waals surface area (Å²) in [5.74, 6) is 0.241. The molecule has 1 aliphatic rings. The minimum Gasteiger partial charge on any atom is -0.508 e. The summed E-state index contributed by atoms with van der Waals surface area (Å²) in [5, 5.41) is 18.7. The van der Waals surface area contributed by atoms with E-state index in [0.29, 0.717) is 17.7 Å². The average Bonchev–Trinajstić information content (AvgIpc) is 2.89. The van der Waals surface area contributed by atoms with Gasteiger partial charge >= 0.3 is 0 Å². The van der Waals surface area contributed by atoms with Crippen LogP contribution in [0.3, 0.4) is 0 Å². The third-order valence-electron chi connectivity index (χ3n) is 6.72. The van der Waals surface area contributed by atoms with E-state index in [1.807, 2.05) is 55.5 Å². The first-order valence-electron chi connectivity index (χ1n) is 11.8. The molecule has 0 spiro atoms. The number of hydrogen-bond donors (Lipinski definition) is 2. The van der Waals surface area contributed by atoms with Crippen molar-refractivity contribution in [3.05, 3.63) is 115 Å². The lowest BCUT2D eigenvalue weighted by Gasteiger charge is -2.40. The highest BCUT2D eigenvalue weighted by molar-refractivity contribution is 7.93. The van der Waals surface area contributed by atoms with Gasteiger partial charge < -0.3 is 10.2 Å². The first kappa shape index (κ1) is 23.7. The maximum Gasteiger partial charge on any atom is 0.246 e. The molecule has 0 aliphatic carbocycles. The number of anilines is 1. The van der Waals surface area contributed by atoms with Crippen LogP contribution in [-0.4, -0.2) is 18.6 Å². The van der Waals surface area contributed by atoms with E-state index >= 15 is 0 Å². The monoisotopic (exact) mass is 497 g/mol. The molecule has 0 bridgehead atoms. The van der Waals surface area contributed by atoms with Crippen molar-refractivity contribution in [1.82, 2.24) is 0 Å². The van der Waals surface area contributed by atoms with Crippen LogP contribution in [0.5, 0.6) is 11.5 Å². The largest absolute Gasteiger partial charge is 0.508 e. The van der Waals surface area contributed by atoms with Crippen LogP contribution in [0.25, 0.3) is 22.3 Å². The topological polar surface area (TPSA) is 77.8 Å². The minimum absolute atomic E-state index is 0.0714. The molecular formula is C30H27NO4S. The second-order valence-electron chi connectivity index (χ2n) is 8.88. The zero-order valence-corrected chi connectivity index (χ0v) is 20.7. The molecule has 0 fully saturated rings. The van der Waals surface area contributed by atoms with E-state index in [4.69, 9.17) is 0 Å². The van der Waals surface area contributed by atoms with Crippen molar-refractivity contribution in [2.75, 3.05) is 4.31 Å². The van der Waals surface area contributed by atoms with Gasteiger partial charge in [-0.05, 0) is 70.6 Å². The zero-order chi connectivity index (χ0) is 25.4. The maximum atomic E-state index is 14.3. The van der Waals surface area contributed by atoms with Crippen molar-refractivity contribution in [2.45, 2.75) is 24.6 Å². The van der Waals surface area contributed by atoms with Crippen molar-refractivity contribution < 1.29 is 18.6 Å². The van der Waals surface area contributed by atoms with E-state index in [2.05, 4.69) is 6.58 Å². The Kier molecular flexibility index (Phi) is 6.06. The molecule has 5 rings (SSSR count). The summed E-state index contributed by atoms with van der Waals surface area (Å²) in [6.07, 6.45) is 2.03. The van der Waals surface area contributed by atoms with Crippen LogP contribution in [0.1, 0.15) is 35.8 Å². The molecule has 0 amide bonds. The number of phenolic OH excluding ortho intramolecular Hbond substituents is 2. The summed E-state index contributed by atoms with van der Waals surface area (Å²) in [6, 6.07) is 26.5. The van der Waals surface area contributed by atoms with Crippen molar-refractivity contribution in [1.29, 1.82) is 0 Å². The lowest BCUT2D eigenvalue weighted by atomic mass is 9.87. The Bertz CT molecular complexity index is 1540.